The molecule has 2 rings (SSSR count). The lowest BCUT2D eigenvalue weighted by molar-refractivity contribution is -0.141. The van der Waals surface area contributed by atoms with Gasteiger partial charge in [0, 0.05) is 12.1 Å². The third-order valence-electron chi connectivity index (χ3n) is 3.38. The van der Waals surface area contributed by atoms with Crippen LogP contribution in [-0.4, -0.2) is 36.6 Å². The number of halogens is 3. The highest BCUT2D eigenvalue weighted by Gasteiger charge is 2.30. The Balaban J connectivity index is 2.21. The Labute approximate surface area is 137 Å². The SMILES string of the molecule is COC(=O)CN(C)Cc1nc(-c2cccc(C(F)(F)F)c2)oc1C. The van der Waals surface area contributed by atoms with E-state index in [-0.39, 0.29) is 18.0 Å². The molecular formula is C16H17F3N2O3. The molecule has 0 aliphatic heterocycles. The first-order valence-corrected chi connectivity index (χ1v) is 7.10. The van der Waals surface area contributed by atoms with Crippen LogP contribution in [0, 0.1) is 6.92 Å². The summed E-state index contributed by atoms with van der Waals surface area (Å²) in [4.78, 5) is 17.2. The topological polar surface area (TPSA) is 55.6 Å². The van der Waals surface area contributed by atoms with Crippen LogP contribution in [0.3, 0.4) is 0 Å². The summed E-state index contributed by atoms with van der Waals surface area (Å²) >= 11 is 0. The molecule has 130 valence electrons. The maximum Gasteiger partial charge on any atom is 0.416 e. The number of methoxy groups -OCH3 is 1. The number of likely N-dealkylation sites (N-methyl/N-ethyl adjacent to an activating group) is 1. The first-order chi connectivity index (χ1) is 11.2. The van der Waals surface area contributed by atoms with Gasteiger partial charge in [-0.25, -0.2) is 4.98 Å². The predicted octanol–water partition coefficient (Wildman–Crippen LogP) is 3.27. The van der Waals surface area contributed by atoms with E-state index in [2.05, 4.69) is 9.72 Å². The molecule has 8 heteroatoms. The third kappa shape index (κ3) is 4.35. The van der Waals surface area contributed by atoms with Gasteiger partial charge >= 0.3 is 12.1 Å². The average molecular weight is 342 g/mol. The zero-order valence-electron chi connectivity index (χ0n) is 13.5. The van der Waals surface area contributed by atoms with Crippen LogP contribution in [0.4, 0.5) is 13.2 Å². The van der Waals surface area contributed by atoms with E-state index in [1.807, 2.05) is 0 Å². The minimum absolute atomic E-state index is 0.0711. The van der Waals surface area contributed by atoms with Crippen LogP contribution in [0.5, 0.6) is 0 Å². The fourth-order valence-corrected chi connectivity index (χ4v) is 2.12. The molecule has 0 saturated carbocycles. The Hall–Kier alpha value is -2.35. The van der Waals surface area contributed by atoms with Gasteiger partial charge < -0.3 is 9.15 Å². The van der Waals surface area contributed by atoms with Crippen molar-refractivity contribution >= 4 is 5.97 Å². The molecule has 1 aromatic heterocycles. The normalized spacial score (nSPS) is 11.8. The summed E-state index contributed by atoms with van der Waals surface area (Å²) in [6, 6.07) is 4.79. The number of aryl methyl sites for hydroxylation is 1. The molecule has 0 radical (unpaired) electrons. The molecule has 0 amide bonds. The Morgan fingerprint density at radius 1 is 1.38 bits per heavy atom. The van der Waals surface area contributed by atoms with Crippen molar-refractivity contribution in [2.45, 2.75) is 19.6 Å². The molecular weight excluding hydrogens is 325 g/mol. The number of oxazole rings is 1. The van der Waals surface area contributed by atoms with Gasteiger partial charge in [0.25, 0.3) is 0 Å². The van der Waals surface area contributed by atoms with Gasteiger partial charge in [0.2, 0.25) is 5.89 Å². The molecule has 1 heterocycles. The van der Waals surface area contributed by atoms with Crippen molar-refractivity contribution in [3.8, 4) is 11.5 Å². The third-order valence-corrected chi connectivity index (χ3v) is 3.38. The number of benzene rings is 1. The van der Waals surface area contributed by atoms with Crippen molar-refractivity contribution in [2.24, 2.45) is 0 Å². The van der Waals surface area contributed by atoms with E-state index in [1.165, 1.54) is 19.2 Å². The fraction of sp³-hybridized carbons (Fsp3) is 0.375. The van der Waals surface area contributed by atoms with Crippen LogP contribution in [0.1, 0.15) is 17.0 Å². The molecule has 0 bridgehead atoms. The van der Waals surface area contributed by atoms with Gasteiger partial charge in [-0.1, -0.05) is 6.07 Å². The van der Waals surface area contributed by atoms with E-state index in [4.69, 9.17) is 4.42 Å². The van der Waals surface area contributed by atoms with Crippen LogP contribution < -0.4 is 0 Å². The molecule has 0 atom stereocenters. The van der Waals surface area contributed by atoms with E-state index in [0.717, 1.165) is 12.1 Å². The van der Waals surface area contributed by atoms with Crippen LogP contribution in [-0.2, 0) is 22.3 Å². The minimum Gasteiger partial charge on any atom is -0.468 e. The Morgan fingerprint density at radius 2 is 2.08 bits per heavy atom. The molecule has 0 spiro atoms. The standard InChI is InChI=1S/C16H17F3N2O3/c1-10-13(8-21(2)9-14(22)23-3)20-15(24-10)11-5-4-6-12(7-11)16(17,18)19/h4-7H,8-9H2,1-3H3. The van der Waals surface area contributed by atoms with Crippen molar-refractivity contribution in [1.82, 2.24) is 9.88 Å². The van der Waals surface area contributed by atoms with E-state index < -0.39 is 17.7 Å². The number of hydrogen-bond acceptors (Lipinski definition) is 5. The van der Waals surface area contributed by atoms with E-state index >= 15 is 0 Å². The summed E-state index contributed by atoms with van der Waals surface area (Å²) in [7, 11) is 3.00. The fourth-order valence-electron chi connectivity index (χ4n) is 2.12. The quantitative estimate of drug-likeness (QED) is 0.781. The molecule has 0 saturated heterocycles. The van der Waals surface area contributed by atoms with Crippen molar-refractivity contribution in [3.63, 3.8) is 0 Å². The monoisotopic (exact) mass is 342 g/mol. The minimum atomic E-state index is -4.43. The second-order valence-corrected chi connectivity index (χ2v) is 5.35. The molecule has 0 N–H and O–H groups in total. The van der Waals surface area contributed by atoms with Crippen molar-refractivity contribution < 1.29 is 27.1 Å². The molecule has 24 heavy (non-hydrogen) atoms. The van der Waals surface area contributed by atoms with Gasteiger partial charge in [0.15, 0.2) is 0 Å². The highest BCUT2D eigenvalue weighted by atomic mass is 19.4. The van der Waals surface area contributed by atoms with E-state index in [0.29, 0.717) is 18.0 Å². The van der Waals surface area contributed by atoms with Gasteiger partial charge in [-0.3, -0.25) is 9.69 Å². The molecule has 0 aliphatic rings. The lowest BCUT2D eigenvalue weighted by Gasteiger charge is -2.13. The zero-order chi connectivity index (χ0) is 17.9. The van der Waals surface area contributed by atoms with Gasteiger partial charge in [0.05, 0.1) is 24.9 Å². The van der Waals surface area contributed by atoms with Crippen LogP contribution in [0.15, 0.2) is 28.7 Å². The molecule has 5 nitrogen and oxygen atoms in total. The summed E-state index contributed by atoms with van der Waals surface area (Å²) in [5.74, 6) is 0.205. The number of hydrogen-bond donors (Lipinski definition) is 0. The number of nitrogens with zero attached hydrogens (tertiary/aromatic N) is 2. The molecule has 2 aromatic rings. The van der Waals surface area contributed by atoms with E-state index in [9.17, 15) is 18.0 Å². The Kier molecular flexibility index (Phi) is 5.28. The average Bonchev–Trinajstić information content (AvgIpc) is 2.87. The summed E-state index contributed by atoms with van der Waals surface area (Å²) in [5, 5.41) is 0. The van der Waals surface area contributed by atoms with Gasteiger partial charge in [0.1, 0.15) is 5.76 Å². The Morgan fingerprint density at radius 3 is 2.71 bits per heavy atom. The number of esters is 1. The Bertz CT molecular complexity index is 726. The number of rotatable bonds is 5. The largest absolute Gasteiger partial charge is 0.468 e. The van der Waals surface area contributed by atoms with Gasteiger partial charge in [-0.2, -0.15) is 13.2 Å². The number of carbonyl (C=O) groups is 1. The maximum atomic E-state index is 12.8. The van der Waals surface area contributed by atoms with Gasteiger partial charge in [-0.05, 0) is 32.2 Å². The molecule has 1 aromatic carbocycles. The number of alkyl halides is 3. The van der Waals surface area contributed by atoms with Crippen LogP contribution in [0.2, 0.25) is 0 Å². The highest BCUT2D eigenvalue weighted by molar-refractivity contribution is 5.71. The molecule has 0 aliphatic carbocycles. The summed E-state index contributed by atoms with van der Waals surface area (Å²) in [6.45, 7) is 2.05. The second kappa shape index (κ2) is 7.04. The first kappa shape index (κ1) is 18.0. The zero-order valence-corrected chi connectivity index (χ0v) is 13.5. The summed E-state index contributed by atoms with van der Waals surface area (Å²) in [6.07, 6.45) is -4.43. The molecule has 0 unspecified atom stereocenters. The summed E-state index contributed by atoms with van der Waals surface area (Å²) in [5.41, 5.74) is 0.0313. The van der Waals surface area contributed by atoms with Crippen molar-refractivity contribution in [1.29, 1.82) is 0 Å². The predicted molar refractivity (Wildman–Crippen MR) is 80.0 cm³/mol. The van der Waals surface area contributed by atoms with Crippen LogP contribution in [0.25, 0.3) is 11.5 Å². The second-order valence-electron chi connectivity index (χ2n) is 5.35. The highest BCUT2D eigenvalue weighted by Crippen LogP contribution is 2.32. The number of carbonyl (C=O) groups excluding carboxylic acids is 1. The maximum absolute atomic E-state index is 12.8. The van der Waals surface area contributed by atoms with Crippen molar-refractivity contribution in [3.05, 3.63) is 41.3 Å². The van der Waals surface area contributed by atoms with Gasteiger partial charge in [-0.15, -0.1) is 0 Å². The molecule has 0 fully saturated rings. The summed E-state index contributed by atoms with van der Waals surface area (Å²) < 4.78 is 48.4. The first-order valence-electron chi connectivity index (χ1n) is 7.10. The number of ether oxygens (including phenoxy) is 1. The van der Waals surface area contributed by atoms with E-state index in [1.54, 1.807) is 18.9 Å². The van der Waals surface area contributed by atoms with Crippen molar-refractivity contribution in [2.75, 3.05) is 20.7 Å². The lowest BCUT2D eigenvalue weighted by Crippen LogP contribution is -2.26. The smallest absolute Gasteiger partial charge is 0.416 e. The lowest BCUT2D eigenvalue weighted by atomic mass is 10.1. The van der Waals surface area contributed by atoms with Crippen LogP contribution >= 0.6 is 0 Å². The number of aromatic nitrogens is 1.